The van der Waals surface area contributed by atoms with Crippen LogP contribution in [-0.2, 0) is 27.4 Å². The van der Waals surface area contributed by atoms with Crippen LogP contribution < -0.4 is 5.32 Å². The summed E-state index contributed by atoms with van der Waals surface area (Å²) in [5.74, 6) is 1.67. The Bertz CT molecular complexity index is 1490. The summed E-state index contributed by atoms with van der Waals surface area (Å²) in [6.45, 7) is 0.273. The molecule has 1 saturated heterocycles. The predicted molar refractivity (Wildman–Crippen MR) is 136 cm³/mol. The van der Waals surface area contributed by atoms with Gasteiger partial charge in [-0.3, -0.25) is 4.79 Å². The molecule has 0 amide bonds. The van der Waals surface area contributed by atoms with Gasteiger partial charge in [0, 0.05) is 24.2 Å². The van der Waals surface area contributed by atoms with Gasteiger partial charge in [-0.2, -0.15) is 17.5 Å². The van der Waals surface area contributed by atoms with Gasteiger partial charge in [-0.05, 0) is 61.7 Å². The fourth-order valence-corrected chi connectivity index (χ4v) is 6.00. The maximum absolute atomic E-state index is 13.3. The van der Waals surface area contributed by atoms with Crippen LogP contribution in [0.15, 0.2) is 59.5 Å². The number of halogens is 4. The first-order valence-electron chi connectivity index (χ1n) is 12.0. The molecule has 0 bridgehead atoms. The topological polar surface area (TPSA) is 92.3 Å². The molecule has 3 aromatic rings. The summed E-state index contributed by atoms with van der Waals surface area (Å²) < 4.78 is 79.5. The molecule has 204 valence electrons. The summed E-state index contributed by atoms with van der Waals surface area (Å²) in [5.41, 5.74) is 0.378. The molecule has 7 nitrogen and oxygen atoms in total. The zero-order chi connectivity index (χ0) is 28.2. The molecule has 0 aliphatic carbocycles. The second-order valence-electron chi connectivity index (χ2n) is 8.89. The fourth-order valence-electron chi connectivity index (χ4n) is 4.32. The third kappa shape index (κ3) is 6.61. The lowest BCUT2D eigenvalue weighted by Crippen LogP contribution is -2.40. The van der Waals surface area contributed by atoms with Crippen molar-refractivity contribution in [2.45, 2.75) is 42.8 Å². The van der Waals surface area contributed by atoms with E-state index in [1.54, 1.807) is 6.07 Å². The number of aromatic nitrogens is 2. The second-order valence-corrected chi connectivity index (χ2v) is 10.8. The Morgan fingerprint density at radius 1 is 1.10 bits per heavy atom. The van der Waals surface area contributed by atoms with Gasteiger partial charge in [0.2, 0.25) is 16.0 Å². The highest BCUT2D eigenvalue weighted by molar-refractivity contribution is 7.89. The van der Waals surface area contributed by atoms with Crippen molar-refractivity contribution in [3.05, 3.63) is 71.7 Å². The van der Waals surface area contributed by atoms with Crippen LogP contribution in [0.5, 0.6) is 0 Å². The van der Waals surface area contributed by atoms with E-state index in [4.69, 9.17) is 6.42 Å². The van der Waals surface area contributed by atoms with Crippen LogP contribution in [0.25, 0.3) is 11.3 Å². The third-order valence-corrected chi connectivity index (χ3v) is 8.18. The van der Waals surface area contributed by atoms with E-state index in [-0.39, 0.29) is 42.6 Å². The van der Waals surface area contributed by atoms with E-state index in [0.717, 1.165) is 28.6 Å². The van der Waals surface area contributed by atoms with E-state index in [0.29, 0.717) is 29.8 Å². The van der Waals surface area contributed by atoms with E-state index in [2.05, 4.69) is 21.2 Å². The lowest BCUT2D eigenvalue weighted by atomic mass is 10.0. The Hall–Kier alpha value is -3.82. The number of alkyl halides is 3. The van der Waals surface area contributed by atoms with E-state index < -0.39 is 33.6 Å². The highest BCUT2D eigenvalue weighted by atomic mass is 32.2. The number of ketones is 1. The van der Waals surface area contributed by atoms with Gasteiger partial charge in [-0.15, -0.1) is 6.42 Å². The second kappa shape index (κ2) is 11.5. The number of rotatable bonds is 9. The first kappa shape index (κ1) is 28.2. The van der Waals surface area contributed by atoms with Gasteiger partial charge < -0.3 is 5.32 Å². The maximum atomic E-state index is 13.3. The van der Waals surface area contributed by atoms with Gasteiger partial charge >= 0.3 is 6.18 Å². The number of aryl methyl sites for hydroxylation is 1. The molecule has 4 rings (SSSR count). The standard InChI is InChI=1S/C27H24F4N4O3S/c1-2-15-32-26-33-21(17-23(34-26)18-5-7-19(8-6-18)27(29,30)31)11-14-25(36)24-4-3-16-35(24)39(37,38)22-12-9-20(28)10-13-22/h1,5-10,12-13,17,24H,3-4,11,14-16H2,(H,32,33,34)/t24-/m0/s1. The Morgan fingerprint density at radius 3 is 2.44 bits per heavy atom. The van der Waals surface area contributed by atoms with Crippen LogP contribution in [0.1, 0.15) is 30.5 Å². The van der Waals surface area contributed by atoms with Gasteiger partial charge in [0.15, 0.2) is 5.78 Å². The number of benzene rings is 2. The van der Waals surface area contributed by atoms with Crippen molar-refractivity contribution in [1.29, 1.82) is 0 Å². The SMILES string of the molecule is C#CCNc1nc(CCC(=O)[C@@H]2CCCN2S(=O)(=O)c2ccc(F)cc2)cc(-c2ccc(C(F)(F)F)cc2)n1. The molecule has 1 fully saturated rings. The molecule has 2 heterocycles. The molecule has 2 aromatic carbocycles. The lowest BCUT2D eigenvalue weighted by Gasteiger charge is -2.23. The minimum Gasteiger partial charge on any atom is -0.343 e. The van der Waals surface area contributed by atoms with Crippen LogP contribution in [0.3, 0.4) is 0 Å². The fraction of sp³-hybridized carbons (Fsp3) is 0.296. The molecule has 1 aliphatic rings. The minimum atomic E-state index is -4.48. The average molecular weight is 561 g/mol. The largest absolute Gasteiger partial charge is 0.416 e. The van der Waals surface area contributed by atoms with Crippen LogP contribution in [0, 0.1) is 18.2 Å². The molecule has 0 saturated carbocycles. The van der Waals surface area contributed by atoms with Gasteiger partial charge in [-0.25, -0.2) is 22.8 Å². The van der Waals surface area contributed by atoms with Crippen molar-refractivity contribution in [2.24, 2.45) is 0 Å². The number of nitrogens with one attached hydrogen (secondary N) is 1. The van der Waals surface area contributed by atoms with Crippen molar-refractivity contribution < 1.29 is 30.8 Å². The average Bonchev–Trinajstić information content (AvgIpc) is 3.42. The number of hydrogen-bond donors (Lipinski definition) is 1. The smallest absolute Gasteiger partial charge is 0.343 e. The molecule has 0 unspecified atom stereocenters. The van der Waals surface area contributed by atoms with Gasteiger partial charge in [0.1, 0.15) is 5.82 Å². The first-order chi connectivity index (χ1) is 18.5. The predicted octanol–water partition coefficient (Wildman–Crippen LogP) is 4.70. The number of carbonyl (C=O) groups excluding carboxylic acids is 1. The zero-order valence-corrected chi connectivity index (χ0v) is 21.4. The number of carbonyl (C=O) groups is 1. The van der Waals surface area contributed by atoms with E-state index >= 15 is 0 Å². The summed E-state index contributed by atoms with van der Waals surface area (Å²) in [5, 5.41) is 2.83. The van der Waals surface area contributed by atoms with E-state index in [1.165, 1.54) is 24.3 Å². The maximum Gasteiger partial charge on any atom is 0.416 e. The lowest BCUT2D eigenvalue weighted by molar-refractivity contribution is -0.137. The van der Waals surface area contributed by atoms with Crippen LogP contribution in [0.4, 0.5) is 23.5 Å². The number of nitrogens with zero attached hydrogens (tertiary/aromatic N) is 3. The monoisotopic (exact) mass is 560 g/mol. The Morgan fingerprint density at radius 2 is 1.79 bits per heavy atom. The zero-order valence-electron chi connectivity index (χ0n) is 20.6. The number of Topliss-reactive ketones (excluding diaryl/α,β-unsaturated/α-hetero) is 1. The van der Waals surface area contributed by atoms with Crippen molar-refractivity contribution in [1.82, 2.24) is 14.3 Å². The summed E-state index contributed by atoms with van der Waals surface area (Å²) in [4.78, 5) is 21.7. The highest BCUT2D eigenvalue weighted by Crippen LogP contribution is 2.31. The Kier molecular flexibility index (Phi) is 8.32. The highest BCUT2D eigenvalue weighted by Gasteiger charge is 2.39. The Labute approximate surface area is 223 Å². The summed E-state index contributed by atoms with van der Waals surface area (Å²) in [7, 11) is -4.00. The number of terminal acetylenes is 1. The quantitative estimate of drug-likeness (QED) is 0.301. The molecule has 1 N–H and O–H groups in total. The van der Waals surface area contributed by atoms with Gasteiger partial charge in [-0.1, -0.05) is 18.1 Å². The van der Waals surface area contributed by atoms with E-state index in [9.17, 15) is 30.8 Å². The van der Waals surface area contributed by atoms with Crippen molar-refractivity contribution in [3.63, 3.8) is 0 Å². The van der Waals surface area contributed by atoms with Crippen LogP contribution in [0.2, 0.25) is 0 Å². The summed E-state index contributed by atoms with van der Waals surface area (Å²) in [6, 6.07) is 9.62. The van der Waals surface area contributed by atoms with Crippen LogP contribution in [-0.4, -0.2) is 47.6 Å². The summed E-state index contributed by atoms with van der Waals surface area (Å²) in [6.07, 6.45) is 1.78. The van der Waals surface area contributed by atoms with Crippen molar-refractivity contribution in [2.75, 3.05) is 18.4 Å². The molecule has 1 aliphatic heterocycles. The number of hydrogen-bond acceptors (Lipinski definition) is 6. The normalized spacial score (nSPS) is 16.1. The first-order valence-corrected chi connectivity index (χ1v) is 13.5. The van der Waals surface area contributed by atoms with Gasteiger partial charge in [0.05, 0.1) is 28.7 Å². The number of sulfonamides is 1. The van der Waals surface area contributed by atoms with Crippen molar-refractivity contribution in [3.8, 4) is 23.6 Å². The minimum absolute atomic E-state index is 0.0296. The molecule has 1 atom stereocenters. The molecule has 12 heteroatoms. The molecule has 0 spiro atoms. The van der Waals surface area contributed by atoms with Crippen LogP contribution >= 0.6 is 0 Å². The third-order valence-electron chi connectivity index (χ3n) is 6.26. The number of anilines is 1. The molecular formula is C27H24F4N4O3S. The molecule has 0 radical (unpaired) electrons. The molecule has 39 heavy (non-hydrogen) atoms. The summed E-state index contributed by atoms with van der Waals surface area (Å²) >= 11 is 0. The van der Waals surface area contributed by atoms with E-state index in [1.807, 2.05) is 0 Å². The molecule has 1 aromatic heterocycles. The molecular weight excluding hydrogens is 536 g/mol. The Balaban J connectivity index is 1.53. The van der Waals surface area contributed by atoms with Gasteiger partial charge in [0.25, 0.3) is 0 Å². The van der Waals surface area contributed by atoms with Crippen molar-refractivity contribution >= 4 is 21.8 Å².